The third-order valence-corrected chi connectivity index (χ3v) is 1.96. The van der Waals surface area contributed by atoms with Crippen LogP contribution in [0.2, 0.25) is 0 Å². The van der Waals surface area contributed by atoms with Gasteiger partial charge in [-0.05, 0) is 30.2 Å². The second-order valence-electron chi connectivity index (χ2n) is 2.69. The number of carbonyl (C=O) groups is 2. The Labute approximate surface area is 84.1 Å². The van der Waals surface area contributed by atoms with Gasteiger partial charge in [0.25, 0.3) is 5.24 Å². The number of benzene rings is 1. The molecule has 0 saturated carbocycles. The predicted molar refractivity (Wildman–Crippen MR) is 48.3 cm³/mol. The van der Waals surface area contributed by atoms with Crippen molar-refractivity contribution >= 4 is 22.8 Å². The van der Waals surface area contributed by atoms with E-state index in [4.69, 9.17) is 16.7 Å². The SMILES string of the molecule is Cc1ccc(F)c(C(=O)O)c1C(=O)Cl. The molecule has 0 atom stereocenters. The van der Waals surface area contributed by atoms with Crippen LogP contribution in [-0.2, 0) is 0 Å². The van der Waals surface area contributed by atoms with Gasteiger partial charge in [0.2, 0.25) is 0 Å². The number of carboxylic acids is 1. The van der Waals surface area contributed by atoms with Crippen molar-refractivity contribution in [2.24, 2.45) is 0 Å². The van der Waals surface area contributed by atoms with Gasteiger partial charge >= 0.3 is 5.97 Å². The Morgan fingerprint density at radius 1 is 1.36 bits per heavy atom. The smallest absolute Gasteiger partial charge is 0.339 e. The molecule has 1 aromatic carbocycles. The lowest BCUT2D eigenvalue weighted by atomic mass is 10.0. The standard InChI is InChI=1S/C9H6ClFO3/c1-4-2-3-5(11)7(9(13)14)6(4)8(10)12/h2-3H,1H3,(H,13,14). The summed E-state index contributed by atoms with van der Waals surface area (Å²) in [5.41, 5.74) is -0.632. The summed E-state index contributed by atoms with van der Waals surface area (Å²) in [7, 11) is 0. The maximum atomic E-state index is 13.0. The average Bonchev–Trinajstić information content (AvgIpc) is 2.07. The first-order chi connectivity index (χ1) is 6.45. The molecule has 3 nitrogen and oxygen atoms in total. The van der Waals surface area contributed by atoms with Crippen LogP contribution in [0.3, 0.4) is 0 Å². The van der Waals surface area contributed by atoms with Gasteiger partial charge in [-0.3, -0.25) is 4.79 Å². The molecular formula is C9H6ClFO3. The molecule has 0 aliphatic heterocycles. The van der Waals surface area contributed by atoms with Crippen LogP contribution in [0.25, 0.3) is 0 Å². The molecule has 0 aliphatic carbocycles. The molecule has 0 aromatic heterocycles. The summed E-state index contributed by atoms with van der Waals surface area (Å²) in [5, 5.41) is 7.70. The van der Waals surface area contributed by atoms with Crippen LogP contribution in [0.15, 0.2) is 12.1 Å². The zero-order chi connectivity index (χ0) is 10.9. The molecule has 0 saturated heterocycles. The van der Waals surface area contributed by atoms with E-state index in [0.717, 1.165) is 6.07 Å². The van der Waals surface area contributed by atoms with E-state index < -0.39 is 22.6 Å². The number of carboxylic acid groups (broad SMARTS) is 1. The molecule has 74 valence electrons. The van der Waals surface area contributed by atoms with Gasteiger partial charge in [0.05, 0.1) is 5.56 Å². The Morgan fingerprint density at radius 3 is 2.29 bits per heavy atom. The number of aromatic carboxylic acids is 1. The normalized spacial score (nSPS) is 9.93. The van der Waals surface area contributed by atoms with Crippen molar-refractivity contribution in [2.45, 2.75) is 6.92 Å². The fourth-order valence-electron chi connectivity index (χ4n) is 1.14. The van der Waals surface area contributed by atoms with E-state index >= 15 is 0 Å². The third-order valence-electron chi connectivity index (χ3n) is 1.77. The summed E-state index contributed by atoms with van der Waals surface area (Å²) in [6.45, 7) is 1.49. The number of rotatable bonds is 2. The molecule has 1 rings (SSSR count). The van der Waals surface area contributed by atoms with E-state index in [1.54, 1.807) is 0 Å². The monoisotopic (exact) mass is 216 g/mol. The molecule has 0 bridgehead atoms. The summed E-state index contributed by atoms with van der Waals surface area (Å²) in [6.07, 6.45) is 0. The van der Waals surface area contributed by atoms with Crippen molar-refractivity contribution in [3.63, 3.8) is 0 Å². The average molecular weight is 217 g/mol. The Balaban J connectivity index is 3.58. The molecule has 0 radical (unpaired) electrons. The second-order valence-corrected chi connectivity index (χ2v) is 3.04. The molecule has 0 spiro atoms. The highest BCUT2D eigenvalue weighted by Crippen LogP contribution is 2.19. The van der Waals surface area contributed by atoms with Gasteiger partial charge in [-0.1, -0.05) is 6.07 Å². The Morgan fingerprint density at radius 2 is 1.93 bits per heavy atom. The summed E-state index contributed by atoms with van der Waals surface area (Å²) in [5.74, 6) is -2.47. The minimum Gasteiger partial charge on any atom is -0.478 e. The molecule has 1 aromatic rings. The van der Waals surface area contributed by atoms with E-state index in [-0.39, 0.29) is 5.56 Å². The molecule has 14 heavy (non-hydrogen) atoms. The summed E-state index contributed by atoms with van der Waals surface area (Å²) >= 11 is 5.16. The highest BCUT2D eigenvalue weighted by molar-refractivity contribution is 6.68. The van der Waals surface area contributed by atoms with Gasteiger partial charge in [-0.15, -0.1) is 0 Å². The molecule has 5 heteroatoms. The minimum absolute atomic E-state index is 0.292. The van der Waals surface area contributed by atoms with Crippen molar-refractivity contribution in [1.82, 2.24) is 0 Å². The lowest BCUT2D eigenvalue weighted by Crippen LogP contribution is -2.10. The van der Waals surface area contributed by atoms with Crippen LogP contribution in [0.4, 0.5) is 4.39 Å². The zero-order valence-corrected chi connectivity index (χ0v) is 7.93. The number of hydrogen-bond donors (Lipinski definition) is 1. The van der Waals surface area contributed by atoms with Gasteiger partial charge in [-0.25, -0.2) is 9.18 Å². The number of halogens is 2. The van der Waals surface area contributed by atoms with E-state index in [1.807, 2.05) is 0 Å². The number of carbonyl (C=O) groups excluding carboxylic acids is 1. The topological polar surface area (TPSA) is 54.4 Å². The Hall–Kier alpha value is -1.42. The van der Waals surface area contributed by atoms with Crippen LogP contribution in [-0.4, -0.2) is 16.3 Å². The molecule has 0 amide bonds. The van der Waals surface area contributed by atoms with Crippen molar-refractivity contribution in [3.8, 4) is 0 Å². The largest absolute Gasteiger partial charge is 0.478 e. The van der Waals surface area contributed by atoms with Crippen LogP contribution >= 0.6 is 11.6 Å². The fourth-order valence-corrected chi connectivity index (χ4v) is 1.39. The third kappa shape index (κ3) is 1.75. The van der Waals surface area contributed by atoms with Gasteiger partial charge < -0.3 is 5.11 Å². The van der Waals surface area contributed by atoms with E-state index in [0.29, 0.717) is 5.56 Å². The summed E-state index contributed by atoms with van der Waals surface area (Å²) < 4.78 is 13.0. The summed E-state index contributed by atoms with van der Waals surface area (Å²) in [4.78, 5) is 21.5. The van der Waals surface area contributed by atoms with Crippen LogP contribution in [0, 0.1) is 12.7 Å². The highest BCUT2D eigenvalue weighted by atomic mass is 35.5. The number of aryl methyl sites for hydroxylation is 1. The maximum Gasteiger partial charge on any atom is 0.339 e. The lowest BCUT2D eigenvalue weighted by molar-refractivity contribution is 0.0688. The first kappa shape index (κ1) is 10.7. The lowest BCUT2D eigenvalue weighted by Gasteiger charge is -2.05. The van der Waals surface area contributed by atoms with Crippen molar-refractivity contribution in [3.05, 3.63) is 34.6 Å². The highest BCUT2D eigenvalue weighted by Gasteiger charge is 2.21. The van der Waals surface area contributed by atoms with Crippen LogP contribution in [0.5, 0.6) is 0 Å². The molecule has 0 aliphatic rings. The van der Waals surface area contributed by atoms with E-state index in [9.17, 15) is 14.0 Å². The molecular weight excluding hydrogens is 211 g/mol. The Bertz CT molecular complexity index is 376. The molecule has 1 N–H and O–H groups in total. The maximum absolute atomic E-state index is 13.0. The predicted octanol–water partition coefficient (Wildman–Crippen LogP) is 2.21. The van der Waals surface area contributed by atoms with Gasteiger partial charge in [0.15, 0.2) is 0 Å². The van der Waals surface area contributed by atoms with Crippen LogP contribution in [0.1, 0.15) is 26.3 Å². The zero-order valence-electron chi connectivity index (χ0n) is 7.17. The van der Waals surface area contributed by atoms with Crippen molar-refractivity contribution < 1.29 is 19.1 Å². The molecule has 0 heterocycles. The fraction of sp³-hybridized carbons (Fsp3) is 0.111. The van der Waals surface area contributed by atoms with Gasteiger partial charge in [-0.2, -0.15) is 0 Å². The summed E-state index contributed by atoms with van der Waals surface area (Å²) in [6, 6.07) is 2.29. The van der Waals surface area contributed by atoms with Crippen molar-refractivity contribution in [1.29, 1.82) is 0 Å². The quantitative estimate of drug-likeness (QED) is 0.772. The second kappa shape index (κ2) is 3.75. The molecule has 0 fully saturated rings. The number of hydrogen-bond acceptors (Lipinski definition) is 2. The minimum atomic E-state index is -1.50. The van der Waals surface area contributed by atoms with Crippen LogP contribution < -0.4 is 0 Å². The van der Waals surface area contributed by atoms with Gasteiger partial charge in [0.1, 0.15) is 11.4 Å². The Kier molecular flexibility index (Phi) is 2.86. The van der Waals surface area contributed by atoms with Crippen molar-refractivity contribution in [2.75, 3.05) is 0 Å². The molecule has 0 unspecified atom stereocenters. The first-order valence-electron chi connectivity index (χ1n) is 3.67. The van der Waals surface area contributed by atoms with E-state index in [1.165, 1.54) is 13.0 Å². The van der Waals surface area contributed by atoms with Gasteiger partial charge in [0, 0.05) is 0 Å². The van der Waals surface area contributed by atoms with E-state index in [2.05, 4.69) is 0 Å². The first-order valence-corrected chi connectivity index (χ1v) is 4.05.